The van der Waals surface area contributed by atoms with E-state index in [0.29, 0.717) is 30.6 Å². The minimum Gasteiger partial charge on any atom is -0.369 e. The van der Waals surface area contributed by atoms with Gasteiger partial charge in [-0.05, 0) is 57.7 Å². The molecule has 0 radical (unpaired) electrons. The first-order chi connectivity index (χ1) is 17.4. The van der Waals surface area contributed by atoms with Gasteiger partial charge in [0.15, 0.2) is 0 Å². The van der Waals surface area contributed by atoms with Crippen molar-refractivity contribution in [3.05, 3.63) is 61.8 Å². The van der Waals surface area contributed by atoms with Crippen molar-refractivity contribution in [2.75, 3.05) is 11.4 Å². The Morgan fingerprint density at radius 3 is 2.19 bits per heavy atom. The lowest BCUT2D eigenvalue weighted by Crippen LogP contribution is -2.36. The number of benzene rings is 1. The molecule has 0 aliphatic rings. The van der Waals surface area contributed by atoms with Crippen LogP contribution in [0.5, 0.6) is 0 Å². The average Bonchev–Trinajstić information content (AvgIpc) is 2.83. The van der Waals surface area contributed by atoms with Crippen molar-refractivity contribution in [2.45, 2.75) is 106 Å². The van der Waals surface area contributed by atoms with Crippen molar-refractivity contribution in [1.29, 1.82) is 0 Å². The number of carbonyl (C=O) groups excluding carboxylic acids is 1. The van der Waals surface area contributed by atoms with E-state index in [-0.39, 0.29) is 40.5 Å². The number of rotatable bonds is 13. The summed E-state index contributed by atoms with van der Waals surface area (Å²) < 4.78 is 43.9. The number of anilines is 1. The second-order valence-corrected chi connectivity index (χ2v) is 9.86. The summed E-state index contributed by atoms with van der Waals surface area (Å²) in [6.07, 6.45) is 4.72. The van der Waals surface area contributed by atoms with Crippen LogP contribution in [0, 0.1) is 19.7 Å². The molecule has 0 atom stereocenters. The van der Waals surface area contributed by atoms with Crippen LogP contribution in [0.15, 0.2) is 16.9 Å². The number of nitrogens with zero attached hydrogens (tertiary/aromatic N) is 1. The lowest BCUT2D eigenvalue weighted by atomic mass is 9.95. The number of halogens is 3. The highest BCUT2D eigenvalue weighted by atomic mass is 19.3. The molecule has 206 valence electrons. The molecule has 0 saturated carbocycles. The Balaban J connectivity index is 2.55. The number of alkyl halides is 2. The van der Waals surface area contributed by atoms with Gasteiger partial charge in [-0.2, -0.15) is 0 Å². The van der Waals surface area contributed by atoms with Gasteiger partial charge in [-0.15, -0.1) is 0 Å². The number of amides is 1. The van der Waals surface area contributed by atoms with E-state index >= 15 is 0 Å². The molecule has 37 heavy (non-hydrogen) atoms. The van der Waals surface area contributed by atoms with E-state index < -0.39 is 23.2 Å². The summed E-state index contributed by atoms with van der Waals surface area (Å²) in [6.45, 7) is 12.6. The SMILES string of the molecule is CCCc1c(F)c(C)[nH]c(=O)c1CNC(=O)c1cc(C(C)(F)F)cc(N(CC)C(CCC)CCC)c1C. The zero-order chi connectivity index (χ0) is 27.9. The number of aromatic amines is 1. The maximum atomic E-state index is 14.7. The van der Waals surface area contributed by atoms with E-state index in [4.69, 9.17) is 0 Å². The molecule has 0 aliphatic heterocycles. The minimum absolute atomic E-state index is 0.125. The highest BCUT2D eigenvalue weighted by Gasteiger charge is 2.30. The van der Waals surface area contributed by atoms with E-state index in [9.17, 15) is 22.8 Å². The number of pyridine rings is 1. The van der Waals surface area contributed by atoms with Crippen LogP contribution in [0.2, 0.25) is 0 Å². The number of hydrogen-bond acceptors (Lipinski definition) is 3. The molecule has 8 heteroatoms. The van der Waals surface area contributed by atoms with Gasteiger partial charge in [-0.3, -0.25) is 9.59 Å². The molecule has 2 N–H and O–H groups in total. The second kappa shape index (κ2) is 13.2. The molecule has 1 amide bonds. The van der Waals surface area contributed by atoms with Crippen LogP contribution in [-0.2, 0) is 18.9 Å². The number of aromatic nitrogens is 1. The van der Waals surface area contributed by atoms with E-state index in [1.807, 2.05) is 13.8 Å². The third-order valence-corrected chi connectivity index (χ3v) is 6.93. The fourth-order valence-corrected chi connectivity index (χ4v) is 4.99. The topological polar surface area (TPSA) is 65.2 Å². The molecule has 2 aromatic rings. The third-order valence-electron chi connectivity index (χ3n) is 6.93. The van der Waals surface area contributed by atoms with Crippen molar-refractivity contribution < 1.29 is 18.0 Å². The number of aryl methyl sites for hydroxylation is 1. The van der Waals surface area contributed by atoms with Gasteiger partial charge in [0.25, 0.3) is 17.4 Å². The summed E-state index contributed by atoms with van der Waals surface area (Å²) in [4.78, 5) is 30.6. The monoisotopic (exact) mass is 521 g/mol. The van der Waals surface area contributed by atoms with E-state index in [1.165, 1.54) is 19.1 Å². The molecule has 1 heterocycles. The van der Waals surface area contributed by atoms with Crippen LogP contribution >= 0.6 is 0 Å². The summed E-state index contributed by atoms with van der Waals surface area (Å²) in [5.74, 6) is -4.22. The van der Waals surface area contributed by atoms with Crippen LogP contribution in [-0.4, -0.2) is 23.5 Å². The first-order valence-electron chi connectivity index (χ1n) is 13.4. The lowest BCUT2D eigenvalue weighted by Gasteiger charge is -2.35. The maximum Gasteiger partial charge on any atom is 0.270 e. The Hall–Kier alpha value is -2.77. The normalized spacial score (nSPS) is 11.8. The van der Waals surface area contributed by atoms with Crippen LogP contribution < -0.4 is 15.8 Å². The van der Waals surface area contributed by atoms with E-state index in [1.54, 1.807) is 6.92 Å². The molecule has 0 spiro atoms. The van der Waals surface area contributed by atoms with Crippen molar-refractivity contribution in [3.63, 3.8) is 0 Å². The predicted octanol–water partition coefficient (Wildman–Crippen LogP) is 6.92. The largest absolute Gasteiger partial charge is 0.369 e. The fraction of sp³-hybridized carbons (Fsp3) is 0.586. The summed E-state index contributed by atoms with van der Waals surface area (Å²) >= 11 is 0. The van der Waals surface area contributed by atoms with Crippen molar-refractivity contribution >= 4 is 11.6 Å². The summed E-state index contributed by atoms with van der Waals surface area (Å²) in [5.41, 5.74) is 1.20. The molecule has 0 unspecified atom stereocenters. The zero-order valence-corrected chi connectivity index (χ0v) is 23.3. The Bertz CT molecular complexity index is 1130. The van der Waals surface area contributed by atoms with Gasteiger partial charge in [0.1, 0.15) is 5.82 Å². The molecule has 0 bridgehead atoms. The van der Waals surface area contributed by atoms with E-state index in [0.717, 1.165) is 32.6 Å². The molecule has 0 aliphatic carbocycles. The number of carbonyl (C=O) groups is 1. The van der Waals surface area contributed by atoms with Crippen LogP contribution in [0.3, 0.4) is 0 Å². The van der Waals surface area contributed by atoms with Gasteiger partial charge in [-0.1, -0.05) is 40.0 Å². The van der Waals surface area contributed by atoms with Crippen LogP contribution in [0.1, 0.15) is 105 Å². The van der Waals surface area contributed by atoms with Crippen LogP contribution in [0.25, 0.3) is 0 Å². The number of H-pyrrole nitrogens is 1. The van der Waals surface area contributed by atoms with E-state index in [2.05, 4.69) is 29.0 Å². The summed E-state index contributed by atoms with van der Waals surface area (Å²) in [7, 11) is 0. The first kappa shape index (κ1) is 30.5. The highest BCUT2D eigenvalue weighted by molar-refractivity contribution is 5.97. The molecule has 5 nitrogen and oxygen atoms in total. The Kier molecular flexibility index (Phi) is 10.8. The smallest absolute Gasteiger partial charge is 0.270 e. The molecule has 0 fully saturated rings. The molecule has 1 aromatic carbocycles. The highest BCUT2D eigenvalue weighted by Crippen LogP contribution is 2.36. The van der Waals surface area contributed by atoms with Gasteiger partial charge in [0, 0.05) is 54.0 Å². The number of nitrogens with one attached hydrogen (secondary N) is 2. The Morgan fingerprint density at radius 1 is 1.05 bits per heavy atom. The standard InChI is InChI=1S/C29H42F3N3O2/c1-8-12-21(13-9-2)35(11-4)25-16-20(29(7,31)32)15-23(18(25)5)27(36)33-17-24-22(14-10-3)26(30)19(6)34-28(24)37/h15-16,21H,8-14,17H2,1-7H3,(H,33,36)(H,34,37). The number of hydrogen-bond donors (Lipinski definition) is 2. The summed E-state index contributed by atoms with van der Waals surface area (Å²) in [6, 6.07) is 2.89. The first-order valence-corrected chi connectivity index (χ1v) is 13.4. The fourth-order valence-electron chi connectivity index (χ4n) is 4.99. The third kappa shape index (κ3) is 7.17. The molecule has 2 rings (SSSR count). The maximum absolute atomic E-state index is 14.7. The van der Waals surface area contributed by atoms with Gasteiger partial charge in [-0.25, -0.2) is 13.2 Å². The van der Waals surface area contributed by atoms with Gasteiger partial charge in [0.05, 0.1) is 5.69 Å². The molecular formula is C29H42F3N3O2. The average molecular weight is 522 g/mol. The quantitative estimate of drug-likeness (QED) is 0.301. The Morgan fingerprint density at radius 2 is 1.68 bits per heavy atom. The van der Waals surface area contributed by atoms with Crippen LogP contribution in [0.4, 0.5) is 18.9 Å². The molecule has 0 saturated heterocycles. The van der Waals surface area contributed by atoms with Crippen molar-refractivity contribution in [2.24, 2.45) is 0 Å². The molecular weight excluding hydrogens is 479 g/mol. The van der Waals surface area contributed by atoms with Gasteiger partial charge < -0.3 is 15.2 Å². The molecule has 1 aromatic heterocycles. The zero-order valence-electron chi connectivity index (χ0n) is 23.3. The lowest BCUT2D eigenvalue weighted by molar-refractivity contribution is 0.0174. The Labute approximate surface area is 218 Å². The van der Waals surface area contributed by atoms with Crippen molar-refractivity contribution in [3.8, 4) is 0 Å². The second-order valence-electron chi connectivity index (χ2n) is 9.86. The van der Waals surface area contributed by atoms with Gasteiger partial charge in [0.2, 0.25) is 0 Å². The summed E-state index contributed by atoms with van der Waals surface area (Å²) in [5, 5.41) is 2.70. The predicted molar refractivity (Wildman–Crippen MR) is 144 cm³/mol. The van der Waals surface area contributed by atoms with Gasteiger partial charge >= 0.3 is 0 Å². The van der Waals surface area contributed by atoms with Crippen molar-refractivity contribution in [1.82, 2.24) is 10.3 Å². The minimum atomic E-state index is -3.15.